The molecule has 0 atom stereocenters. The minimum atomic E-state index is -0.153. The second-order valence-electron chi connectivity index (χ2n) is 6.82. The fraction of sp³-hybridized carbons (Fsp3) is 0.130. The number of aryl methyl sites for hydroxylation is 1. The summed E-state index contributed by atoms with van der Waals surface area (Å²) in [5, 5.41) is 4.07. The van der Waals surface area contributed by atoms with E-state index in [2.05, 4.69) is 20.9 Å². The van der Waals surface area contributed by atoms with Crippen molar-refractivity contribution in [1.29, 1.82) is 0 Å². The van der Waals surface area contributed by atoms with Crippen LogP contribution in [0.15, 0.2) is 64.5 Å². The molecule has 1 aromatic heterocycles. The fourth-order valence-electron chi connectivity index (χ4n) is 3.34. The maximum atomic E-state index is 12.5. The summed E-state index contributed by atoms with van der Waals surface area (Å²) in [7, 11) is 1.62. The lowest BCUT2D eigenvalue weighted by Crippen LogP contribution is -2.19. The van der Waals surface area contributed by atoms with E-state index in [-0.39, 0.29) is 5.91 Å². The SMILES string of the molecule is COc1ccc(N=C2NC(=O)/C(=C/c3cc(C)n(-c4cccc(Cl)c4)c3C)S2)cc1. The summed E-state index contributed by atoms with van der Waals surface area (Å²) in [6, 6.07) is 17.1. The monoisotopic (exact) mass is 437 g/mol. The number of aromatic nitrogens is 1. The summed E-state index contributed by atoms with van der Waals surface area (Å²) < 4.78 is 7.29. The van der Waals surface area contributed by atoms with E-state index in [1.54, 1.807) is 7.11 Å². The Morgan fingerprint density at radius 3 is 2.60 bits per heavy atom. The number of aliphatic imine (C=N–C) groups is 1. The predicted octanol–water partition coefficient (Wildman–Crippen LogP) is 5.65. The lowest BCUT2D eigenvalue weighted by atomic mass is 10.2. The normalized spacial score (nSPS) is 16.3. The maximum Gasteiger partial charge on any atom is 0.264 e. The van der Waals surface area contributed by atoms with Gasteiger partial charge in [-0.25, -0.2) is 4.99 Å². The standard InChI is InChI=1S/C23H20ClN3O2S/c1-14-11-16(15(2)27(14)19-6-4-5-17(24)13-19)12-21-22(28)26-23(30-21)25-18-7-9-20(29-3)10-8-18/h4-13H,1-3H3,(H,25,26,28)/b21-12-. The highest BCUT2D eigenvalue weighted by molar-refractivity contribution is 8.18. The van der Waals surface area contributed by atoms with E-state index in [4.69, 9.17) is 16.3 Å². The molecule has 0 radical (unpaired) electrons. The van der Waals surface area contributed by atoms with Crippen LogP contribution in [0.1, 0.15) is 17.0 Å². The Kier molecular flexibility index (Phi) is 5.70. The zero-order valence-electron chi connectivity index (χ0n) is 16.8. The van der Waals surface area contributed by atoms with Gasteiger partial charge >= 0.3 is 0 Å². The first-order valence-electron chi connectivity index (χ1n) is 9.33. The van der Waals surface area contributed by atoms with Crippen molar-refractivity contribution in [2.24, 2.45) is 4.99 Å². The van der Waals surface area contributed by atoms with Crippen molar-refractivity contribution in [2.45, 2.75) is 13.8 Å². The molecular formula is C23H20ClN3O2S. The molecule has 2 heterocycles. The minimum Gasteiger partial charge on any atom is -0.497 e. The average Bonchev–Trinajstić information content (AvgIpc) is 3.20. The summed E-state index contributed by atoms with van der Waals surface area (Å²) in [4.78, 5) is 17.6. The number of carbonyl (C=O) groups is 1. The molecule has 1 aliphatic heterocycles. The van der Waals surface area contributed by atoms with Crippen LogP contribution in [0, 0.1) is 13.8 Å². The number of hydrogen-bond acceptors (Lipinski definition) is 4. The molecule has 0 aliphatic carbocycles. The lowest BCUT2D eigenvalue weighted by Gasteiger charge is -2.09. The van der Waals surface area contributed by atoms with Crippen molar-refractivity contribution < 1.29 is 9.53 Å². The smallest absolute Gasteiger partial charge is 0.264 e. The van der Waals surface area contributed by atoms with Crippen LogP contribution < -0.4 is 10.1 Å². The van der Waals surface area contributed by atoms with Gasteiger partial charge in [0, 0.05) is 22.1 Å². The second-order valence-corrected chi connectivity index (χ2v) is 8.29. The number of benzene rings is 2. The first kappa shape index (κ1) is 20.3. The van der Waals surface area contributed by atoms with Gasteiger partial charge in [0.05, 0.1) is 17.7 Å². The number of nitrogens with zero attached hydrogens (tertiary/aromatic N) is 2. The van der Waals surface area contributed by atoms with Crippen molar-refractivity contribution in [1.82, 2.24) is 9.88 Å². The Labute approximate surface area is 184 Å². The van der Waals surface area contributed by atoms with E-state index in [1.807, 2.05) is 68.5 Å². The number of thioether (sulfide) groups is 1. The van der Waals surface area contributed by atoms with Gasteiger partial charge in [0.2, 0.25) is 0 Å². The van der Waals surface area contributed by atoms with Gasteiger partial charge in [-0.15, -0.1) is 0 Å². The van der Waals surface area contributed by atoms with Gasteiger partial charge in [0.15, 0.2) is 5.17 Å². The number of amidine groups is 1. The molecule has 5 nitrogen and oxygen atoms in total. The topological polar surface area (TPSA) is 55.6 Å². The van der Waals surface area contributed by atoms with E-state index in [1.165, 1.54) is 11.8 Å². The molecule has 0 bridgehead atoms. The number of halogens is 1. The third-order valence-electron chi connectivity index (χ3n) is 4.78. The van der Waals surface area contributed by atoms with Crippen molar-refractivity contribution in [3.05, 3.63) is 81.5 Å². The molecular weight excluding hydrogens is 418 g/mol. The zero-order chi connectivity index (χ0) is 21.3. The van der Waals surface area contributed by atoms with Gasteiger partial charge in [0.1, 0.15) is 5.75 Å². The number of carbonyl (C=O) groups excluding carboxylic acids is 1. The van der Waals surface area contributed by atoms with Crippen LogP contribution in [0.4, 0.5) is 5.69 Å². The molecule has 30 heavy (non-hydrogen) atoms. The van der Waals surface area contributed by atoms with Gasteiger partial charge < -0.3 is 14.6 Å². The molecule has 1 amide bonds. The number of amides is 1. The van der Waals surface area contributed by atoms with Crippen molar-refractivity contribution in [2.75, 3.05) is 7.11 Å². The number of hydrogen-bond donors (Lipinski definition) is 1. The molecule has 2 aromatic carbocycles. The Bertz CT molecular complexity index is 1180. The highest BCUT2D eigenvalue weighted by atomic mass is 35.5. The Balaban J connectivity index is 1.61. The molecule has 1 fully saturated rings. The van der Waals surface area contributed by atoms with Crippen molar-refractivity contribution in [3.63, 3.8) is 0 Å². The van der Waals surface area contributed by atoms with Gasteiger partial charge in [-0.05, 0) is 85.8 Å². The molecule has 7 heteroatoms. The van der Waals surface area contributed by atoms with Gasteiger partial charge in [0.25, 0.3) is 5.91 Å². The molecule has 4 rings (SSSR count). The highest BCUT2D eigenvalue weighted by Gasteiger charge is 2.24. The Morgan fingerprint density at radius 1 is 1.13 bits per heavy atom. The zero-order valence-corrected chi connectivity index (χ0v) is 18.3. The first-order chi connectivity index (χ1) is 14.4. The van der Waals surface area contributed by atoms with Crippen LogP contribution in [0.25, 0.3) is 11.8 Å². The molecule has 1 aliphatic rings. The van der Waals surface area contributed by atoms with E-state index < -0.39 is 0 Å². The van der Waals surface area contributed by atoms with Gasteiger partial charge in [-0.3, -0.25) is 4.79 Å². The van der Waals surface area contributed by atoms with E-state index in [0.717, 1.165) is 34.1 Å². The van der Waals surface area contributed by atoms with Crippen LogP contribution in [0.3, 0.4) is 0 Å². The summed E-state index contributed by atoms with van der Waals surface area (Å²) >= 11 is 7.49. The number of nitrogens with one attached hydrogen (secondary N) is 1. The summed E-state index contributed by atoms with van der Waals surface area (Å²) in [6.45, 7) is 4.07. The number of methoxy groups -OCH3 is 1. The first-order valence-corrected chi connectivity index (χ1v) is 10.5. The summed E-state index contributed by atoms with van der Waals surface area (Å²) in [5.41, 5.74) is 4.83. The van der Waals surface area contributed by atoms with Crippen LogP contribution in [0.5, 0.6) is 5.75 Å². The average molecular weight is 438 g/mol. The second kappa shape index (κ2) is 8.42. The quantitative estimate of drug-likeness (QED) is 0.537. The van der Waals surface area contributed by atoms with Crippen molar-refractivity contribution >= 4 is 46.2 Å². The van der Waals surface area contributed by atoms with Crippen LogP contribution in [-0.4, -0.2) is 22.8 Å². The molecule has 0 saturated carbocycles. The van der Waals surface area contributed by atoms with E-state index in [0.29, 0.717) is 15.1 Å². The molecule has 0 spiro atoms. The van der Waals surface area contributed by atoms with Crippen LogP contribution in [-0.2, 0) is 4.79 Å². The highest BCUT2D eigenvalue weighted by Crippen LogP contribution is 2.31. The Morgan fingerprint density at radius 2 is 1.90 bits per heavy atom. The third kappa shape index (κ3) is 4.15. The fourth-order valence-corrected chi connectivity index (χ4v) is 4.36. The molecule has 1 saturated heterocycles. The number of ether oxygens (including phenoxy) is 1. The Hall–Kier alpha value is -2.96. The van der Waals surface area contributed by atoms with Crippen molar-refractivity contribution in [3.8, 4) is 11.4 Å². The summed E-state index contributed by atoms with van der Waals surface area (Å²) in [5.74, 6) is 0.609. The largest absolute Gasteiger partial charge is 0.497 e. The molecule has 152 valence electrons. The van der Waals surface area contributed by atoms with Gasteiger partial charge in [-0.2, -0.15) is 0 Å². The maximum absolute atomic E-state index is 12.5. The van der Waals surface area contributed by atoms with Gasteiger partial charge in [-0.1, -0.05) is 17.7 Å². The number of rotatable bonds is 4. The lowest BCUT2D eigenvalue weighted by molar-refractivity contribution is -0.115. The van der Waals surface area contributed by atoms with Crippen LogP contribution >= 0.6 is 23.4 Å². The van der Waals surface area contributed by atoms with Crippen LogP contribution in [0.2, 0.25) is 5.02 Å². The van der Waals surface area contributed by atoms with E-state index in [9.17, 15) is 4.79 Å². The van der Waals surface area contributed by atoms with E-state index >= 15 is 0 Å². The molecule has 0 unspecified atom stereocenters. The predicted molar refractivity (Wildman–Crippen MR) is 124 cm³/mol. The molecule has 1 N–H and O–H groups in total. The summed E-state index contributed by atoms with van der Waals surface area (Å²) in [6.07, 6.45) is 1.90. The third-order valence-corrected chi connectivity index (χ3v) is 5.92. The minimum absolute atomic E-state index is 0.153. The molecule has 3 aromatic rings.